The van der Waals surface area contributed by atoms with Gasteiger partial charge in [-0.05, 0) is 31.9 Å². The molecule has 0 aliphatic carbocycles. The summed E-state index contributed by atoms with van der Waals surface area (Å²) < 4.78 is 4.95. The van der Waals surface area contributed by atoms with E-state index in [1.165, 1.54) is 5.56 Å². The lowest BCUT2D eigenvalue weighted by molar-refractivity contribution is -0.117. The third-order valence-electron chi connectivity index (χ3n) is 3.65. The molecule has 1 N–H and O–H groups in total. The van der Waals surface area contributed by atoms with E-state index in [1.54, 1.807) is 13.0 Å². The maximum atomic E-state index is 12.3. The largest absolute Gasteiger partial charge is 0.360 e. The van der Waals surface area contributed by atoms with Crippen molar-refractivity contribution in [2.45, 2.75) is 26.3 Å². The number of fused-ring (bicyclic) bond motifs is 1. The maximum absolute atomic E-state index is 12.3. The monoisotopic (exact) mass is 271 g/mol. The Morgan fingerprint density at radius 2 is 2.25 bits per heavy atom. The summed E-state index contributed by atoms with van der Waals surface area (Å²) in [6.45, 7) is 4.57. The van der Waals surface area contributed by atoms with Gasteiger partial charge in [0.05, 0.1) is 0 Å². The molecule has 0 radical (unpaired) electrons. The predicted molar refractivity (Wildman–Crippen MR) is 76.8 cm³/mol. The number of para-hydroxylation sites is 1. The molecule has 1 aliphatic heterocycles. The van der Waals surface area contributed by atoms with E-state index < -0.39 is 0 Å². The Bertz CT molecular complexity index is 636. The van der Waals surface area contributed by atoms with Crippen LogP contribution in [0.25, 0.3) is 0 Å². The van der Waals surface area contributed by atoms with Crippen LogP contribution >= 0.6 is 0 Å². The normalized spacial score (nSPS) is 15.0. The Morgan fingerprint density at radius 3 is 3.00 bits per heavy atom. The quantitative estimate of drug-likeness (QED) is 0.931. The summed E-state index contributed by atoms with van der Waals surface area (Å²) in [6.07, 6.45) is 0.983. The Labute approximate surface area is 117 Å². The lowest BCUT2D eigenvalue weighted by Gasteiger charge is -2.25. The van der Waals surface area contributed by atoms with Crippen LogP contribution in [-0.4, -0.2) is 23.7 Å². The van der Waals surface area contributed by atoms with E-state index in [-0.39, 0.29) is 11.9 Å². The van der Waals surface area contributed by atoms with Gasteiger partial charge in [-0.25, -0.2) is 0 Å². The van der Waals surface area contributed by atoms with Crippen LogP contribution in [0, 0.1) is 6.92 Å². The molecule has 0 spiro atoms. The number of hydrogen-bond acceptors (Lipinski definition) is 4. The van der Waals surface area contributed by atoms with Crippen molar-refractivity contribution >= 4 is 17.4 Å². The number of aryl methyl sites for hydroxylation is 1. The first-order valence-electron chi connectivity index (χ1n) is 6.74. The average molecular weight is 271 g/mol. The highest BCUT2D eigenvalue weighted by Gasteiger charge is 2.27. The molecule has 1 aromatic carbocycles. The Balaban J connectivity index is 1.73. The molecule has 5 heteroatoms. The van der Waals surface area contributed by atoms with E-state index in [1.807, 2.05) is 19.1 Å². The molecule has 0 fully saturated rings. The molecule has 0 saturated carbocycles. The number of amides is 1. The fourth-order valence-corrected chi connectivity index (χ4v) is 2.56. The number of carbonyl (C=O) groups is 1. The van der Waals surface area contributed by atoms with Crippen LogP contribution in [0.1, 0.15) is 18.2 Å². The summed E-state index contributed by atoms with van der Waals surface area (Å²) >= 11 is 0. The second-order valence-electron chi connectivity index (χ2n) is 5.06. The SMILES string of the molecule is Cc1cc(NC(=O)C(C)N2CCc3ccccc32)no1. The Hall–Kier alpha value is -2.30. The molecular formula is C15H17N3O2. The van der Waals surface area contributed by atoms with Gasteiger partial charge in [-0.3, -0.25) is 4.79 Å². The molecule has 2 aromatic rings. The first-order chi connectivity index (χ1) is 9.65. The van der Waals surface area contributed by atoms with Crippen molar-refractivity contribution in [2.24, 2.45) is 0 Å². The average Bonchev–Trinajstić information content (AvgIpc) is 3.04. The second kappa shape index (κ2) is 5.00. The molecule has 1 amide bonds. The van der Waals surface area contributed by atoms with Crippen molar-refractivity contribution < 1.29 is 9.32 Å². The van der Waals surface area contributed by atoms with Gasteiger partial charge in [0, 0.05) is 18.3 Å². The number of benzene rings is 1. The molecule has 104 valence electrons. The minimum atomic E-state index is -0.240. The number of hydrogen-bond donors (Lipinski definition) is 1. The second-order valence-corrected chi connectivity index (χ2v) is 5.06. The van der Waals surface area contributed by atoms with E-state index >= 15 is 0 Å². The van der Waals surface area contributed by atoms with Gasteiger partial charge in [-0.2, -0.15) is 0 Å². The molecule has 1 atom stereocenters. The van der Waals surface area contributed by atoms with Crippen molar-refractivity contribution in [3.63, 3.8) is 0 Å². The fourth-order valence-electron chi connectivity index (χ4n) is 2.56. The molecule has 20 heavy (non-hydrogen) atoms. The van der Waals surface area contributed by atoms with Crippen LogP contribution in [0.3, 0.4) is 0 Å². The Morgan fingerprint density at radius 1 is 1.45 bits per heavy atom. The van der Waals surface area contributed by atoms with E-state index in [4.69, 9.17) is 4.52 Å². The first-order valence-corrected chi connectivity index (χ1v) is 6.74. The van der Waals surface area contributed by atoms with Gasteiger partial charge < -0.3 is 14.7 Å². The predicted octanol–water partition coefficient (Wildman–Crippen LogP) is 2.37. The number of nitrogens with zero attached hydrogens (tertiary/aromatic N) is 2. The van der Waals surface area contributed by atoms with Crippen LogP contribution in [0.2, 0.25) is 0 Å². The number of aromatic nitrogens is 1. The fraction of sp³-hybridized carbons (Fsp3) is 0.333. The third-order valence-corrected chi connectivity index (χ3v) is 3.65. The molecule has 5 nitrogen and oxygen atoms in total. The van der Waals surface area contributed by atoms with Crippen molar-refractivity contribution in [3.8, 4) is 0 Å². The van der Waals surface area contributed by atoms with Crippen LogP contribution in [0.4, 0.5) is 11.5 Å². The van der Waals surface area contributed by atoms with Gasteiger partial charge in [-0.15, -0.1) is 0 Å². The van der Waals surface area contributed by atoms with Crippen LogP contribution in [-0.2, 0) is 11.2 Å². The van der Waals surface area contributed by atoms with Gasteiger partial charge in [0.25, 0.3) is 0 Å². The molecule has 0 saturated heterocycles. The Kier molecular flexibility index (Phi) is 3.18. The van der Waals surface area contributed by atoms with Crippen LogP contribution < -0.4 is 10.2 Å². The van der Waals surface area contributed by atoms with Gasteiger partial charge in [0.2, 0.25) is 5.91 Å². The molecular weight excluding hydrogens is 254 g/mol. The van der Waals surface area contributed by atoms with E-state index in [0.29, 0.717) is 11.6 Å². The zero-order valence-corrected chi connectivity index (χ0v) is 11.6. The highest BCUT2D eigenvalue weighted by Crippen LogP contribution is 2.29. The summed E-state index contributed by atoms with van der Waals surface area (Å²) in [5.41, 5.74) is 2.44. The van der Waals surface area contributed by atoms with Gasteiger partial charge in [0.1, 0.15) is 11.8 Å². The van der Waals surface area contributed by atoms with Gasteiger partial charge in [0.15, 0.2) is 5.82 Å². The summed E-state index contributed by atoms with van der Waals surface area (Å²) in [5.74, 6) is 1.07. The number of nitrogens with one attached hydrogen (secondary N) is 1. The molecule has 1 unspecified atom stereocenters. The standard InChI is InChI=1S/C15H17N3O2/c1-10-9-14(17-20-10)16-15(19)11(2)18-8-7-12-5-3-4-6-13(12)18/h3-6,9,11H,7-8H2,1-2H3,(H,16,17,19). The highest BCUT2D eigenvalue weighted by atomic mass is 16.5. The summed E-state index contributed by atoms with van der Waals surface area (Å²) in [5, 5.41) is 6.57. The summed E-state index contributed by atoms with van der Waals surface area (Å²) in [4.78, 5) is 14.4. The van der Waals surface area contributed by atoms with Crippen molar-refractivity contribution in [1.29, 1.82) is 0 Å². The van der Waals surface area contributed by atoms with Crippen molar-refractivity contribution in [1.82, 2.24) is 5.16 Å². The van der Waals surface area contributed by atoms with E-state index in [9.17, 15) is 4.79 Å². The maximum Gasteiger partial charge on any atom is 0.248 e. The summed E-state index contributed by atoms with van der Waals surface area (Å²) in [6, 6.07) is 9.68. The molecule has 1 aromatic heterocycles. The molecule has 1 aliphatic rings. The van der Waals surface area contributed by atoms with Crippen molar-refractivity contribution in [2.75, 3.05) is 16.8 Å². The molecule has 2 heterocycles. The third kappa shape index (κ3) is 2.27. The minimum absolute atomic E-state index is 0.0741. The zero-order valence-electron chi connectivity index (χ0n) is 11.6. The first kappa shape index (κ1) is 12.7. The topological polar surface area (TPSA) is 58.4 Å². The van der Waals surface area contributed by atoms with Crippen molar-refractivity contribution in [3.05, 3.63) is 41.7 Å². The highest BCUT2D eigenvalue weighted by molar-refractivity contribution is 5.96. The van der Waals surface area contributed by atoms with Crippen LogP contribution in [0.5, 0.6) is 0 Å². The zero-order chi connectivity index (χ0) is 14.1. The minimum Gasteiger partial charge on any atom is -0.360 e. The number of carbonyl (C=O) groups excluding carboxylic acids is 1. The number of anilines is 2. The molecule has 0 bridgehead atoms. The van der Waals surface area contributed by atoms with Crippen LogP contribution in [0.15, 0.2) is 34.9 Å². The summed E-state index contributed by atoms with van der Waals surface area (Å²) in [7, 11) is 0. The van der Waals surface area contributed by atoms with Gasteiger partial charge >= 0.3 is 0 Å². The van der Waals surface area contributed by atoms with Gasteiger partial charge in [-0.1, -0.05) is 23.4 Å². The van der Waals surface area contributed by atoms with E-state index in [0.717, 1.165) is 18.7 Å². The smallest absolute Gasteiger partial charge is 0.248 e. The lowest BCUT2D eigenvalue weighted by Crippen LogP contribution is -2.41. The number of rotatable bonds is 3. The van der Waals surface area contributed by atoms with E-state index in [2.05, 4.69) is 27.5 Å². The molecule has 3 rings (SSSR count). The lowest BCUT2D eigenvalue weighted by atomic mass is 10.1.